The summed E-state index contributed by atoms with van der Waals surface area (Å²) >= 11 is 0. The molecule has 1 aliphatic rings. The zero-order chi connectivity index (χ0) is 13.2. The molecule has 0 bridgehead atoms. The molecule has 1 N–H and O–H groups in total. The summed E-state index contributed by atoms with van der Waals surface area (Å²) in [5, 5.41) is 3.82. The molecule has 0 spiro atoms. The molecule has 0 aliphatic heterocycles. The third-order valence-electron chi connectivity index (χ3n) is 4.36. The minimum atomic E-state index is 0.651. The molecular weight excluding hydrogens is 218 g/mol. The van der Waals surface area contributed by atoms with Crippen LogP contribution in [-0.4, -0.2) is 12.6 Å². The molecule has 1 atom stereocenters. The van der Waals surface area contributed by atoms with Gasteiger partial charge in [0.1, 0.15) is 0 Å². The molecule has 1 rings (SSSR count). The van der Waals surface area contributed by atoms with Gasteiger partial charge in [0.15, 0.2) is 0 Å². The third-order valence-corrected chi connectivity index (χ3v) is 4.36. The van der Waals surface area contributed by atoms with Gasteiger partial charge in [0.2, 0.25) is 0 Å². The Labute approximate surface area is 114 Å². The molecule has 1 aliphatic carbocycles. The van der Waals surface area contributed by atoms with Gasteiger partial charge in [0.25, 0.3) is 0 Å². The lowest BCUT2D eigenvalue weighted by Crippen LogP contribution is -2.38. The van der Waals surface area contributed by atoms with Crippen molar-refractivity contribution in [3.63, 3.8) is 0 Å². The van der Waals surface area contributed by atoms with E-state index in [4.69, 9.17) is 0 Å². The van der Waals surface area contributed by atoms with E-state index in [0.29, 0.717) is 6.04 Å². The highest BCUT2D eigenvalue weighted by molar-refractivity contribution is 5.13. The fraction of sp³-hybridized carbons (Fsp3) is 0.882. The molecule has 1 heteroatoms. The van der Waals surface area contributed by atoms with Crippen molar-refractivity contribution in [3.05, 3.63) is 11.6 Å². The standard InChI is InChI=1S/C17H33N/c1-4-14-18-17(15(5-2)6-3)16-12-10-8-7-9-11-13-16/h12,15,17-18H,4-11,13-14H2,1-3H3. The maximum absolute atomic E-state index is 3.82. The van der Waals surface area contributed by atoms with E-state index in [1.807, 2.05) is 0 Å². The van der Waals surface area contributed by atoms with Gasteiger partial charge in [-0.15, -0.1) is 0 Å². The second kappa shape index (κ2) is 9.61. The molecule has 1 nitrogen and oxygen atoms in total. The van der Waals surface area contributed by atoms with Crippen molar-refractivity contribution in [2.24, 2.45) is 5.92 Å². The highest BCUT2D eigenvalue weighted by Crippen LogP contribution is 2.26. The summed E-state index contributed by atoms with van der Waals surface area (Å²) in [6.07, 6.45) is 14.7. The average molecular weight is 251 g/mol. The molecule has 0 aromatic rings. The van der Waals surface area contributed by atoms with Crippen molar-refractivity contribution >= 4 is 0 Å². The fourth-order valence-electron chi connectivity index (χ4n) is 3.16. The van der Waals surface area contributed by atoms with E-state index in [1.165, 1.54) is 64.3 Å². The predicted molar refractivity (Wildman–Crippen MR) is 81.9 cm³/mol. The van der Waals surface area contributed by atoms with E-state index >= 15 is 0 Å². The molecule has 0 saturated carbocycles. The van der Waals surface area contributed by atoms with Crippen LogP contribution in [0, 0.1) is 5.92 Å². The quantitative estimate of drug-likeness (QED) is 0.623. The van der Waals surface area contributed by atoms with Crippen molar-refractivity contribution in [1.29, 1.82) is 0 Å². The van der Waals surface area contributed by atoms with Crippen molar-refractivity contribution in [2.75, 3.05) is 6.54 Å². The van der Waals surface area contributed by atoms with Crippen molar-refractivity contribution in [2.45, 2.75) is 84.6 Å². The Kier molecular flexibility index (Phi) is 8.41. The second-order valence-corrected chi connectivity index (χ2v) is 5.74. The first-order chi connectivity index (χ1) is 8.83. The second-order valence-electron chi connectivity index (χ2n) is 5.74. The number of rotatable bonds is 7. The highest BCUT2D eigenvalue weighted by atomic mass is 14.9. The Morgan fingerprint density at radius 2 is 1.78 bits per heavy atom. The van der Waals surface area contributed by atoms with Gasteiger partial charge in [-0.05, 0) is 44.6 Å². The molecule has 0 fully saturated rings. The molecule has 0 heterocycles. The summed E-state index contributed by atoms with van der Waals surface area (Å²) in [6, 6.07) is 0.651. The fourth-order valence-corrected chi connectivity index (χ4v) is 3.16. The van der Waals surface area contributed by atoms with Crippen LogP contribution in [0.2, 0.25) is 0 Å². The van der Waals surface area contributed by atoms with E-state index in [1.54, 1.807) is 5.57 Å². The molecule has 0 aromatic heterocycles. The van der Waals surface area contributed by atoms with Crippen LogP contribution in [-0.2, 0) is 0 Å². The number of nitrogens with one attached hydrogen (secondary N) is 1. The monoisotopic (exact) mass is 251 g/mol. The van der Waals surface area contributed by atoms with E-state index < -0.39 is 0 Å². The molecule has 18 heavy (non-hydrogen) atoms. The minimum Gasteiger partial charge on any atom is -0.310 e. The molecule has 0 radical (unpaired) electrons. The van der Waals surface area contributed by atoms with Crippen LogP contribution in [0.25, 0.3) is 0 Å². The Morgan fingerprint density at radius 1 is 1.06 bits per heavy atom. The molecular formula is C17H33N. The van der Waals surface area contributed by atoms with Gasteiger partial charge < -0.3 is 5.32 Å². The summed E-state index contributed by atoms with van der Waals surface area (Å²) in [6.45, 7) is 8.12. The lowest BCUT2D eigenvalue weighted by Gasteiger charge is -2.30. The van der Waals surface area contributed by atoms with Crippen molar-refractivity contribution < 1.29 is 0 Å². The summed E-state index contributed by atoms with van der Waals surface area (Å²) < 4.78 is 0. The molecule has 1 unspecified atom stereocenters. The maximum Gasteiger partial charge on any atom is 0.0307 e. The number of hydrogen-bond donors (Lipinski definition) is 1. The van der Waals surface area contributed by atoms with Crippen LogP contribution in [0.3, 0.4) is 0 Å². The van der Waals surface area contributed by atoms with Gasteiger partial charge in [-0.1, -0.05) is 58.1 Å². The summed E-state index contributed by atoms with van der Waals surface area (Å²) in [5.74, 6) is 0.822. The first-order valence-electron chi connectivity index (χ1n) is 8.25. The van der Waals surface area contributed by atoms with E-state index in [-0.39, 0.29) is 0 Å². The molecule has 106 valence electrons. The Hall–Kier alpha value is -0.300. The lowest BCUT2D eigenvalue weighted by molar-refractivity contribution is 0.359. The number of allylic oxidation sites excluding steroid dienone is 1. The van der Waals surface area contributed by atoms with Gasteiger partial charge in [-0.3, -0.25) is 0 Å². The van der Waals surface area contributed by atoms with E-state index in [9.17, 15) is 0 Å². The Bertz CT molecular complexity index is 228. The SMILES string of the molecule is CCCNC(C1=CCCCCCC1)C(CC)CC. The van der Waals surface area contributed by atoms with Gasteiger partial charge in [-0.25, -0.2) is 0 Å². The van der Waals surface area contributed by atoms with E-state index in [0.717, 1.165) is 5.92 Å². The first-order valence-corrected chi connectivity index (χ1v) is 8.25. The first kappa shape index (κ1) is 15.8. The zero-order valence-corrected chi connectivity index (χ0v) is 12.8. The van der Waals surface area contributed by atoms with Crippen LogP contribution in [0.5, 0.6) is 0 Å². The highest BCUT2D eigenvalue weighted by Gasteiger charge is 2.21. The summed E-state index contributed by atoms with van der Waals surface area (Å²) in [4.78, 5) is 0. The zero-order valence-electron chi connectivity index (χ0n) is 12.8. The summed E-state index contributed by atoms with van der Waals surface area (Å²) in [5.41, 5.74) is 1.72. The minimum absolute atomic E-state index is 0.651. The van der Waals surface area contributed by atoms with E-state index in [2.05, 4.69) is 32.2 Å². The number of hydrogen-bond acceptors (Lipinski definition) is 1. The van der Waals surface area contributed by atoms with Gasteiger partial charge in [0, 0.05) is 6.04 Å². The average Bonchev–Trinajstić information content (AvgIpc) is 2.35. The largest absolute Gasteiger partial charge is 0.310 e. The topological polar surface area (TPSA) is 12.0 Å². The van der Waals surface area contributed by atoms with Crippen LogP contribution >= 0.6 is 0 Å². The van der Waals surface area contributed by atoms with Crippen LogP contribution < -0.4 is 5.32 Å². The van der Waals surface area contributed by atoms with Crippen molar-refractivity contribution in [3.8, 4) is 0 Å². The van der Waals surface area contributed by atoms with Gasteiger partial charge in [0.05, 0.1) is 0 Å². The molecule has 0 saturated heterocycles. The molecule has 0 aromatic carbocycles. The van der Waals surface area contributed by atoms with Crippen molar-refractivity contribution in [1.82, 2.24) is 5.32 Å². The van der Waals surface area contributed by atoms with Gasteiger partial charge in [-0.2, -0.15) is 0 Å². The smallest absolute Gasteiger partial charge is 0.0307 e. The van der Waals surface area contributed by atoms with Gasteiger partial charge >= 0.3 is 0 Å². The normalized spacial score (nSPS) is 19.2. The Balaban J connectivity index is 2.71. The molecule has 0 amide bonds. The lowest BCUT2D eigenvalue weighted by atomic mass is 9.84. The predicted octanol–water partition coefficient (Wildman–Crippen LogP) is 5.07. The van der Waals surface area contributed by atoms with Crippen LogP contribution in [0.15, 0.2) is 11.6 Å². The van der Waals surface area contributed by atoms with Crippen LogP contribution in [0.1, 0.15) is 78.6 Å². The third kappa shape index (κ3) is 5.14. The maximum atomic E-state index is 3.82. The van der Waals surface area contributed by atoms with Crippen LogP contribution in [0.4, 0.5) is 0 Å². The summed E-state index contributed by atoms with van der Waals surface area (Å²) in [7, 11) is 0. The Morgan fingerprint density at radius 3 is 2.44 bits per heavy atom.